The fourth-order valence-electron chi connectivity index (χ4n) is 6.93. The number of rotatable bonds is 7. The Balaban J connectivity index is 0.000000163. The summed E-state index contributed by atoms with van der Waals surface area (Å²) in [6.45, 7) is 24.4. The summed E-state index contributed by atoms with van der Waals surface area (Å²) < 4.78 is 5.35. The molecule has 48 heavy (non-hydrogen) atoms. The number of benzene rings is 3. The maximum absolute atomic E-state index is 7.49. The van der Waals surface area contributed by atoms with E-state index in [0.717, 1.165) is 55.6 Å². The first-order chi connectivity index (χ1) is 23.4. The summed E-state index contributed by atoms with van der Waals surface area (Å²) in [6.07, 6.45) is 18.3. The van der Waals surface area contributed by atoms with E-state index in [4.69, 9.17) is 24.5 Å². The smallest absolute Gasteiger partial charge is 0.282 e. The van der Waals surface area contributed by atoms with Gasteiger partial charge in [-0.25, -0.2) is 19.7 Å². The molecule has 3 aliphatic rings. The van der Waals surface area contributed by atoms with Gasteiger partial charge in [-0.15, -0.1) is 0 Å². The topological polar surface area (TPSA) is 22.3 Å². The quantitative estimate of drug-likeness (QED) is 0.232. The van der Waals surface area contributed by atoms with Crippen molar-refractivity contribution in [2.45, 2.75) is 135 Å². The first-order valence-electron chi connectivity index (χ1n) is 17.7. The first kappa shape index (κ1) is 37.4. The van der Waals surface area contributed by atoms with Crippen LogP contribution in [0, 0.1) is 26.6 Å². The van der Waals surface area contributed by atoms with Gasteiger partial charge in [0.1, 0.15) is 5.75 Å². The van der Waals surface area contributed by atoms with Gasteiger partial charge < -0.3 is 9.58 Å². The van der Waals surface area contributed by atoms with Crippen molar-refractivity contribution in [3.8, 4) is 5.75 Å². The zero-order chi connectivity index (χ0) is 34.1. The number of hydrogen-bond acceptors (Lipinski definition) is 3. The Morgan fingerprint density at radius 3 is 1.60 bits per heavy atom. The molecule has 0 saturated heterocycles. The van der Waals surface area contributed by atoms with E-state index in [-0.39, 0.29) is 15.3 Å². The second kappa shape index (κ2) is 19.0. The van der Waals surface area contributed by atoms with E-state index in [1.54, 1.807) is 30.6 Å². The molecule has 3 aromatic carbocycles. The van der Waals surface area contributed by atoms with E-state index in [9.17, 15) is 0 Å². The molecule has 3 aliphatic carbocycles. The molecule has 3 saturated carbocycles. The number of para-hydroxylation sites is 1. The summed E-state index contributed by atoms with van der Waals surface area (Å²) in [7, 11) is 1.69. The maximum Gasteiger partial charge on any atom is 0.282 e. The van der Waals surface area contributed by atoms with Crippen molar-refractivity contribution >= 4 is 23.5 Å². The van der Waals surface area contributed by atoms with E-state index >= 15 is 0 Å². The van der Waals surface area contributed by atoms with Crippen molar-refractivity contribution < 1.29 is 4.74 Å². The average Bonchev–Trinajstić information content (AvgIpc) is 3.15. The van der Waals surface area contributed by atoms with Crippen molar-refractivity contribution in [2.75, 3.05) is 7.11 Å². The van der Waals surface area contributed by atoms with Gasteiger partial charge in [-0.05, 0) is 98.8 Å². The molecule has 6 rings (SSSR count). The molecule has 0 unspecified atom stereocenters. The highest BCUT2D eigenvalue weighted by Gasteiger charge is 2.41. The van der Waals surface area contributed by atoms with E-state index in [1.807, 2.05) is 30.3 Å². The van der Waals surface area contributed by atoms with Crippen LogP contribution in [0.2, 0.25) is 0 Å². The summed E-state index contributed by atoms with van der Waals surface area (Å²) in [5.74, 6) is 0.881. The lowest BCUT2D eigenvalue weighted by atomic mass is 9.78. The molecule has 0 N–H and O–H groups in total. The predicted octanol–water partition coefficient (Wildman–Crippen LogP) is 12.9. The van der Waals surface area contributed by atoms with Gasteiger partial charge in [0.15, 0.2) is 0 Å². The lowest BCUT2D eigenvalue weighted by Gasteiger charge is -2.26. The summed E-state index contributed by atoms with van der Waals surface area (Å²) in [6, 6.07) is 27.0. The van der Waals surface area contributed by atoms with Crippen molar-refractivity contribution in [2.24, 2.45) is 0 Å². The number of thioether (sulfide) groups is 2. The number of hydrogen-bond donors (Lipinski definition) is 0. The SMILES string of the molecule is [C-]#[N+]C1(Cc2ccccc2)CCCCC1.[C-]#[N+]C1(Sc2ccc(C)cc2)CCCCC1.[C-]#[N+]C1(Sc2ccccc2OC)CCCCC1. The molecule has 0 aromatic heterocycles. The predicted molar refractivity (Wildman–Crippen MR) is 203 cm³/mol. The fraction of sp³-hybridized carbons (Fsp3) is 0.500. The van der Waals surface area contributed by atoms with Crippen LogP contribution in [0.3, 0.4) is 0 Å². The molecule has 0 aliphatic heterocycles. The Morgan fingerprint density at radius 2 is 1.08 bits per heavy atom. The Morgan fingerprint density at radius 1 is 0.583 bits per heavy atom. The summed E-state index contributed by atoms with van der Waals surface area (Å²) in [4.78, 5) is 13.6. The van der Waals surface area contributed by atoms with Crippen LogP contribution in [-0.4, -0.2) is 22.4 Å². The van der Waals surface area contributed by atoms with Crippen LogP contribution in [-0.2, 0) is 6.42 Å². The molecule has 0 spiro atoms. The van der Waals surface area contributed by atoms with Gasteiger partial charge in [-0.3, -0.25) is 9.69 Å². The Kier molecular flexibility index (Phi) is 14.8. The van der Waals surface area contributed by atoms with E-state index in [1.165, 1.54) is 73.8 Å². The van der Waals surface area contributed by atoms with Gasteiger partial charge in [0.05, 0.1) is 18.4 Å². The molecule has 0 radical (unpaired) electrons. The molecule has 0 heterocycles. The molecule has 0 bridgehead atoms. The third-order valence-corrected chi connectivity index (χ3v) is 12.6. The van der Waals surface area contributed by atoms with E-state index in [0.29, 0.717) is 0 Å². The number of aryl methyl sites for hydroxylation is 1. The van der Waals surface area contributed by atoms with Gasteiger partial charge in [0.2, 0.25) is 5.54 Å². The third-order valence-electron chi connectivity index (χ3n) is 9.77. The molecule has 4 nitrogen and oxygen atoms in total. The van der Waals surface area contributed by atoms with E-state index < -0.39 is 0 Å². The highest BCUT2D eigenvalue weighted by molar-refractivity contribution is 8.01. The average molecular weight is 678 g/mol. The van der Waals surface area contributed by atoms with Gasteiger partial charge >= 0.3 is 0 Å². The molecular formula is C42H51N3OS2. The number of ether oxygens (including phenoxy) is 1. The summed E-state index contributed by atoms with van der Waals surface area (Å²) >= 11 is 3.45. The van der Waals surface area contributed by atoms with Crippen molar-refractivity contribution in [1.82, 2.24) is 0 Å². The normalized spacial score (nSPS) is 18.9. The molecular weight excluding hydrogens is 627 g/mol. The Bertz CT molecular complexity index is 1520. The van der Waals surface area contributed by atoms with E-state index in [2.05, 4.69) is 70.0 Å². The van der Waals surface area contributed by atoms with Crippen LogP contribution < -0.4 is 4.74 Å². The van der Waals surface area contributed by atoms with Crippen LogP contribution in [0.15, 0.2) is 88.7 Å². The summed E-state index contributed by atoms with van der Waals surface area (Å²) in [5, 5.41) is 0. The second-order valence-corrected chi connectivity index (χ2v) is 16.3. The maximum atomic E-state index is 7.49. The highest BCUT2D eigenvalue weighted by Crippen LogP contribution is 2.47. The summed E-state index contributed by atoms with van der Waals surface area (Å²) in [5.41, 5.74) is 2.51. The molecule has 0 atom stereocenters. The first-order valence-corrected chi connectivity index (χ1v) is 19.3. The number of nitrogens with zero attached hydrogens (tertiary/aromatic N) is 3. The minimum Gasteiger partial charge on any atom is -0.496 e. The lowest BCUT2D eigenvalue weighted by Crippen LogP contribution is -2.30. The third kappa shape index (κ3) is 11.1. The minimum atomic E-state index is -0.257. The second-order valence-electron chi connectivity index (χ2n) is 13.5. The zero-order valence-corrected chi connectivity index (χ0v) is 30.5. The van der Waals surface area contributed by atoms with Gasteiger partial charge in [-0.1, -0.05) is 79.4 Å². The van der Waals surface area contributed by atoms with Crippen LogP contribution in [0.4, 0.5) is 0 Å². The molecule has 6 heteroatoms. The molecule has 252 valence electrons. The van der Waals surface area contributed by atoms with Crippen LogP contribution in [0.25, 0.3) is 14.5 Å². The standard InChI is InChI=1S/C14H17NOS.C14H17NS.C14H17N/c1-15-14(10-6-3-7-11-14)17-13-9-5-4-8-12(13)16-2;1-12-6-8-13(9-7-12)16-14(15-2)10-4-3-5-11-14;1-15-14(10-6-3-7-11-14)12-13-8-4-2-5-9-13/h4-5,8-9H,3,6-7,10-11H2,2H3;6-9H,3-5,10-11H2,1H3;2,4-5,8-9H,3,6-7,10-12H2. The minimum absolute atomic E-state index is 0.0837. The van der Waals surface area contributed by atoms with Crippen molar-refractivity contribution in [3.05, 3.63) is 124 Å². The largest absolute Gasteiger partial charge is 0.496 e. The molecule has 0 amide bonds. The number of methoxy groups -OCH3 is 1. The highest BCUT2D eigenvalue weighted by atomic mass is 32.2. The van der Waals surface area contributed by atoms with Gasteiger partial charge in [-0.2, -0.15) is 0 Å². The molecule has 3 fully saturated rings. The van der Waals surface area contributed by atoms with Crippen LogP contribution in [0.1, 0.15) is 107 Å². The Labute approximate surface area is 298 Å². The Hall–Kier alpha value is -3.37. The fourth-order valence-corrected chi connectivity index (χ4v) is 9.52. The van der Waals surface area contributed by atoms with Crippen LogP contribution in [0.5, 0.6) is 5.75 Å². The van der Waals surface area contributed by atoms with Gasteiger partial charge in [0, 0.05) is 43.4 Å². The van der Waals surface area contributed by atoms with Crippen molar-refractivity contribution in [1.29, 1.82) is 0 Å². The molecule has 3 aromatic rings. The zero-order valence-electron chi connectivity index (χ0n) is 28.9. The van der Waals surface area contributed by atoms with Crippen LogP contribution >= 0.6 is 23.5 Å². The van der Waals surface area contributed by atoms with Crippen molar-refractivity contribution in [3.63, 3.8) is 0 Å². The van der Waals surface area contributed by atoms with Gasteiger partial charge in [0.25, 0.3) is 9.74 Å². The monoisotopic (exact) mass is 677 g/mol. The lowest BCUT2D eigenvalue weighted by molar-refractivity contribution is 0.344.